The van der Waals surface area contributed by atoms with Crippen LogP contribution in [-0.4, -0.2) is 26.2 Å². The van der Waals surface area contributed by atoms with Gasteiger partial charge in [-0.1, -0.05) is 0 Å². The molecule has 0 saturated carbocycles. The van der Waals surface area contributed by atoms with Gasteiger partial charge in [-0.05, 0) is 24.6 Å². The van der Waals surface area contributed by atoms with Crippen molar-refractivity contribution in [2.75, 3.05) is 11.4 Å². The normalized spacial score (nSPS) is 16.4. The number of fused-ring (bicyclic) bond motifs is 1. The molecule has 0 unspecified atom stereocenters. The lowest BCUT2D eigenvalue weighted by Gasteiger charge is -2.29. The first-order valence-electron chi connectivity index (χ1n) is 6.13. The van der Waals surface area contributed by atoms with E-state index in [1.54, 1.807) is 13.1 Å². The number of nitrogens with zero attached hydrogens (tertiary/aromatic N) is 4. The summed E-state index contributed by atoms with van der Waals surface area (Å²) in [6.45, 7) is 4.38. The maximum absolute atomic E-state index is 9.61. The maximum Gasteiger partial charge on any atom is 0.129 e. The highest BCUT2D eigenvalue weighted by molar-refractivity contribution is 5.42. The minimum atomic E-state index is -0.460. The predicted octanol–water partition coefficient (Wildman–Crippen LogP) is 1.35. The first-order chi connectivity index (χ1) is 8.74. The monoisotopic (exact) mass is 244 g/mol. The van der Waals surface area contributed by atoms with Crippen LogP contribution in [0.15, 0.2) is 30.7 Å². The summed E-state index contributed by atoms with van der Waals surface area (Å²) in [6, 6.07) is 3.79. The van der Waals surface area contributed by atoms with Crippen LogP contribution in [0.4, 0.5) is 5.82 Å². The minimum absolute atomic E-state index is 0.460. The molecule has 0 amide bonds. The Hall–Kier alpha value is -1.88. The first-order valence-corrected chi connectivity index (χ1v) is 6.13. The second-order valence-electron chi connectivity index (χ2n) is 4.58. The Labute approximate surface area is 106 Å². The molecule has 3 rings (SSSR count). The maximum atomic E-state index is 9.61. The van der Waals surface area contributed by atoms with Gasteiger partial charge in [0.1, 0.15) is 11.6 Å². The van der Waals surface area contributed by atoms with Crippen molar-refractivity contribution < 1.29 is 5.11 Å². The molecular formula is C13H16N4O. The zero-order valence-electron chi connectivity index (χ0n) is 10.3. The van der Waals surface area contributed by atoms with Gasteiger partial charge in [-0.2, -0.15) is 0 Å². The van der Waals surface area contributed by atoms with E-state index in [1.165, 1.54) is 0 Å². The highest BCUT2D eigenvalue weighted by Crippen LogP contribution is 2.21. The van der Waals surface area contributed by atoms with Crippen LogP contribution in [0.5, 0.6) is 0 Å². The summed E-state index contributed by atoms with van der Waals surface area (Å²) in [6.07, 6.45) is 5.13. The van der Waals surface area contributed by atoms with E-state index in [1.807, 2.05) is 24.5 Å². The smallest absolute Gasteiger partial charge is 0.129 e. The molecule has 1 atom stereocenters. The summed E-state index contributed by atoms with van der Waals surface area (Å²) < 4.78 is 2.16. The summed E-state index contributed by atoms with van der Waals surface area (Å²) in [7, 11) is 0. The van der Waals surface area contributed by atoms with Gasteiger partial charge in [0.2, 0.25) is 0 Å². The average Bonchev–Trinajstić information content (AvgIpc) is 2.86. The predicted molar refractivity (Wildman–Crippen MR) is 68.1 cm³/mol. The second kappa shape index (κ2) is 4.42. The molecule has 94 valence electrons. The van der Waals surface area contributed by atoms with Gasteiger partial charge in [-0.25, -0.2) is 9.97 Å². The van der Waals surface area contributed by atoms with Crippen molar-refractivity contribution in [3.63, 3.8) is 0 Å². The Bertz CT molecular complexity index is 549. The highest BCUT2D eigenvalue weighted by Gasteiger charge is 2.18. The van der Waals surface area contributed by atoms with Gasteiger partial charge < -0.3 is 14.6 Å². The molecule has 0 bridgehead atoms. The van der Waals surface area contributed by atoms with Crippen LogP contribution in [0.2, 0.25) is 0 Å². The van der Waals surface area contributed by atoms with E-state index < -0.39 is 6.10 Å². The number of aliphatic hydroxyl groups excluding tert-OH is 1. The van der Waals surface area contributed by atoms with Crippen molar-refractivity contribution >= 4 is 5.82 Å². The average molecular weight is 244 g/mol. The number of pyridine rings is 1. The van der Waals surface area contributed by atoms with Crippen molar-refractivity contribution in [3.05, 3.63) is 42.1 Å². The van der Waals surface area contributed by atoms with Crippen molar-refractivity contribution in [3.8, 4) is 0 Å². The fraction of sp³-hybridized carbons (Fsp3) is 0.385. The Morgan fingerprint density at radius 2 is 2.17 bits per heavy atom. The largest absolute Gasteiger partial charge is 0.389 e. The number of hydrogen-bond donors (Lipinski definition) is 1. The van der Waals surface area contributed by atoms with E-state index in [9.17, 15) is 5.11 Å². The summed E-state index contributed by atoms with van der Waals surface area (Å²) in [5.74, 6) is 1.97. The van der Waals surface area contributed by atoms with Crippen molar-refractivity contribution in [1.29, 1.82) is 0 Å². The first kappa shape index (κ1) is 11.2. The van der Waals surface area contributed by atoms with Crippen LogP contribution in [-0.2, 0) is 13.1 Å². The molecule has 2 aromatic rings. The Morgan fingerprint density at radius 1 is 1.28 bits per heavy atom. The number of aromatic nitrogens is 3. The molecule has 2 aromatic heterocycles. The summed E-state index contributed by atoms with van der Waals surface area (Å²) in [4.78, 5) is 10.9. The molecule has 1 N–H and O–H groups in total. The Morgan fingerprint density at radius 3 is 3.00 bits per heavy atom. The fourth-order valence-corrected chi connectivity index (χ4v) is 2.24. The number of anilines is 1. The molecule has 5 nitrogen and oxygen atoms in total. The van der Waals surface area contributed by atoms with Crippen molar-refractivity contribution in [2.45, 2.75) is 26.1 Å². The van der Waals surface area contributed by atoms with E-state index in [-0.39, 0.29) is 0 Å². The molecule has 3 heterocycles. The van der Waals surface area contributed by atoms with Crippen LogP contribution >= 0.6 is 0 Å². The molecule has 0 radical (unpaired) electrons. The number of aliphatic hydroxyl groups is 1. The van der Waals surface area contributed by atoms with E-state index in [0.29, 0.717) is 0 Å². The minimum Gasteiger partial charge on any atom is -0.389 e. The van der Waals surface area contributed by atoms with E-state index in [4.69, 9.17) is 0 Å². The van der Waals surface area contributed by atoms with Crippen LogP contribution in [0.3, 0.4) is 0 Å². The van der Waals surface area contributed by atoms with Crippen LogP contribution in [0, 0.1) is 0 Å². The van der Waals surface area contributed by atoms with Crippen molar-refractivity contribution in [1.82, 2.24) is 14.5 Å². The van der Waals surface area contributed by atoms with Crippen LogP contribution < -0.4 is 4.90 Å². The van der Waals surface area contributed by atoms with Gasteiger partial charge in [0.25, 0.3) is 0 Å². The second-order valence-corrected chi connectivity index (χ2v) is 4.58. The lowest BCUT2D eigenvalue weighted by molar-refractivity contribution is 0.199. The Kier molecular flexibility index (Phi) is 2.76. The van der Waals surface area contributed by atoms with E-state index in [0.717, 1.165) is 36.8 Å². The van der Waals surface area contributed by atoms with E-state index in [2.05, 4.69) is 19.4 Å². The lowest BCUT2D eigenvalue weighted by atomic mass is 10.1. The third-order valence-electron chi connectivity index (χ3n) is 3.32. The molecule has 5 heteroatoms. The van der Waals surface area contributed by atoms with E-state index >= 15 is 0 Å². The number of imidazole rings is 1. The zero-order valence-corrected chi connectivity index (χ0v) is 10.3. The van der Waals surface area contributed by atoms with Crippen molar-refractivity contribution in [2.24, 2.45) is 0 Å². The van der Waals surface area contributed by atoms with Gasteiger partial charge in [0, 0.05) is 31.7 Å². The van der Waals surface area contributed by atoms with Gasteiger partial charge in [-0.3, -0.25) is 0 Å². The zero-order chi connectivity index (χ0) is 12.5. The number of hydrogen-bond acceptors (Lipinski definition) is 4. The lowest BCUT2D eigenvalue weighted by Crippen LogP contribution is -2.34. The molecule has 1 aliphatic heterocycles. The van der Waals surface area contributed by atoms with Gasteiger partial charge in [0.05, 0.1) is 12.6 Å². The third kappa shape index (κ3) is 1.97. The molecule has 18 heavy (non-hydrogen) atoms. The van der Waals surface area contributed by atoms with Gasteiger partial charge in [-0.15, -0.1) is 0 Å². The molecule has 0 aromatic carbocycles. The quantitative estimate of drug-likeness (QED) is 0.866. The molecule has 1 aliphatic rings. The van der Waals surface area contributed by atoms with Gasteiger partial charge >= 0.3 is 0 Å². The standard InChI is InChI=1S/C13H16N4O/c1-10(18)11-2-3-14-12(8-11)17-7-6-16-5-4-15-13(16)9-17/h2-5,8,10,18H,6-7,9H2,1H3/t10-/m1/s1. The molecular weight excluding hydrogens is 228 g/mol. The molecule has 0 fully saturated rings. The third-order valence-corrected chi connectivity index (χ3v) is 3.32. The molecule has 0 spiro atoms. The molecule has 0 saturated heterocycles. The molecule has 0 aliphatic carbocycles. The van der Waals surface area contributed by atoms with Crippen LogP contribution in [0.1, 0.15) is 24.4 Å². The number of rotatable bonds is 2. The summed E-state index contributed by atoms with van der Waals surface area (Å²) >= 11 is 0. The van der Waals surface area contributed by atoms with Crippen LogP contribution in [0.25, 0.3) is 0 Å². The SMILES string of the molecule is C[C@@H](O)c1ccnc(N2CCn3ccnc3C2)c1. The summed E-state index contributed by atoms with van der Waals surface area (Å²) in [5, 5.41) is 9.61. The highest BCUT2D eigenvalue weighted by atomic mass is 16.3. The Balaban J connectivity index is 1.86. The summed E-state index contributed by atoms with van der Waals surface area (Å²) in [5.41, 5.74) is 0.897. The fourth-order valence-electron chi connectivity index (χ4n) is 2.24. The van der Waals surface area contributed by atoms with Gasteiger partial charge in [0.15, 0.2) is 0 Å². The topological polar surface area (TPSA) is 54.2 Å².